The molecule has 0 saturated heterocycles. The molecule has 0 aliphatic heterocycles. The molecule has 4 heteroatoms. The van der Waals surface area contributed by atoms with Crippen LogP contribution in [0.3, 0.4) is 0 Å². The molecular weight excluding hydrogens is 238 g/mol. The Morgan fingerprint density at radius 2 is 2.00 bits per heavy atom. The first-order valence-electron chi connectivity index (χ1n) is 7.08. The molecule has 1 aromatic rings. The maximum Gasteiger partial charge on any atom is 0.271 e. The molecule has 0 amide bonds. The number of nitrogens with one attached hydrogen (secondary N) is 1. The van der Waals surface area contributed by atoms with Gasteiger partial charge in [-0.2, -0.15) is 5.10 Å². The van der Waals surface area contributed by atoms with E-state index in [-0.39, 0.29) is 11.0 Å². The van der Waals surface area contributed by atoms with Crippen LogP contribution in [-0.2, 0) is 18.5 Å². The molecule has 0 aromatic carbocycles. The van der Waals surface area contributed by atoms with Crippen LogP contribution < -0.4 is 10.9 Å². The highest BCUT2D eigenvalue weighted by Crippen LogP contribution is 2.19. The summed E-state index contributed by atoms with van der Waals surface area (Å²) in [5, 5.41) is 7.77. The number of hydrogen-bond acceptors (Lipinski definition) is 3. The van der Waals surface area contributed by atoms with E-state index in [0.29, 0.717) is 19.0 Å². The third-order valence-corrected chi connectivity index (χ3v) is 2.98. The van der Waals surface area contributed by atoms with E-state index in [2.05, 4.69) is 45.0 Å². The van der Waals surface area contributed by atoms with Crippen molar-refractivity contribution in [2.24, 2.45) is 5.92 Å². The summed E-state index contributed by atoms with van der Waals surface area (Å²) in [6, 6.07) is 1.95. The molecule has 1 aromatic heterocycles. The number of nitrogens with zero attached hydrogens (tertiary/aromatic N) is 2. The van der Waals surface area contributed by atoms with Gasteiger partial charge in [-0.1, -0.05) is 34.6 Å². The Morgan fingerprint density at radius 3 is 2.47 bits per heavy atom. The van der Waals surface area contributed by atoms with E-state index >= 15 is 0 Å². The van der Waals surface area contributed by atoms with Gasteiger partial charge in [-0.3, -0.25) is 4.79 Å². The van der Waals surface area contributed by atoms with E-state index < -0.39 is 0 Å². The van der Waals surface area contributed by atoms with Crippen LogP contribution in [0.15, 0.2) is 10.9 Å². The molecule has 0 saturated carbocycles. The Kier molecular flexibility index (Phi) is 5.29. The summed E-state index contributed by atoms with van der Waals surface area (Å²) in [7, 11) is 0. The number of hydrogen-bond donors (Lipinski definition) is 1. The Bertz CT molecular complexity index is 469. The zero-order valence-corrected chi connectivity index (χ0v) is 13.1. The summed E-state index contributed by atoms with van der Waals surface area (Å²) < 4.78 is 1.56. The molecule has 0 spiro atoms. The Hall–Kier alpha value is -1.16. The third kappa shape index (κ3) is 4.46. The number of aromatic nitrogens is 2. The second-order valence-electron chi connectivity index (χ2n) is 6.45. The van der Waals surface area contributed by atoms with Crippen LogP contribution in [0.25, 0.3) is 0 Å². The van der Waals surface area contributed by atoms with Crippen LogP contribution in [0, 0.1) is 5.92 Å². The number of aryl methyl sites for hydroxylation is 1. The van der Waals surface area contributed by atoms with Crippen molar-refractivity contribution >= 4 is 0 Å². The molecule has 0 unspecified atom stereocenters. The van der Waals surface area contributed by atoms with Crippen LogP contribution in [0.4, 0.5) is 0 Å². The lowest BCUT2D eigenvalue weighted by Crippen LogP contribution is -2.32. The summed E-state index contributed by atoms with van der Waals surface area (Å²) in [5.74, 6) is 0.581. The van der Waals surface area contributed by atoms with Gasteiger partial charge in [0.2, 0.25) is 0 Å². The highest BCUT2D eigenvalue weighted by atomic mass is 16.1. The van der Waals surface area contributed by atoms with Gasteiger partial charge in [-0.25, -0.2) is 4.68 Å². The summed E-state index contributed by atoms with van der Waals surface area (Å²) >= 11 is 0. The van der Waals surface area contributed by atoms with Gasteiger partial charge in [0.15, 0.2) is 0 Å². The summed E-state index contributed by atoms with van der Waals surface area (Å²) in [6.07, 6.45) is 0. The van der Waals surface area contributed by atoms with Crippen LogP contribution in [0.1, 0.15) is 52.8 Å². The first-order valence-corrected chi connectivity index (χ1v) is 7.08. The van der Waals surface area contributed by atoms with E-state index in [9.17, 15) is 4.79 Å². The van der Waals surface area contributed by atoms with Crippen molar-refractivity contribution in [1.82, 2.24) is 15.1 Å². The first-order chi connectivity index (χ1) is 8.75. The van der Waals surface area contributed by atoms with Crippen molar-refractivity contribution in [2.45, 2.75) is 60.0 Å². The van der Waals surface area contributed by atoms with Gasteiger partial charge in [-0.05, 0) is 25.5 Å². The molecule has 0 fully saturated rings. The van der Waals surface area contributed by atoms with E-state index in [1.807, 2.05) is 13.0 Å². The Balaban J connectivity index is 3.05. The normalized spacial score (nSPS) is 12.2. The molecule has 1 rings (SSSR count). The molecule has 0 radical (unpaired) electrons. The zero-order valence-electron chi connectivity index (χ0n) is 13.1. The fourth-order valence-electron chi connectivity index (χ4n) is 1.80. The largest absolute Gasteiger partial charge is 0.312 e. The van der Waals surface area contributed by atoms with Gasteiger partial charge < -0.3 is 5.32 Å². The molecule has 19 heavy (non-hydrogen) atoms. The van der Waals surface area contributed by atoms with E-state index in [1.165, 1.54) is 0 Å². The van der Waals surface area contributed by atoms with Crippen molar-refractivity contribution < 1.29 is 0 Å². The minimum atomic E-state index is -0.0442. The lowest BCUT2D eigenvalue weighted by atomic mass is 9.91. The monoisotopic (exact) mass is 265 g/mol. The van der Waals surface area contributed by atoms with Gasteiger partial charge >= 0.3 is 0 Å². The fraction of sp³-hybridized carbons (Fsp3) is 0.733. The fourth-order valence-corrected chi connectivity index (χ4v) is 1.80. The molecule has 0 bridgehead atoms. The average molecular weight is 265 g/mol. The second kappa shape index (κ2) is 6.33. The maximum absolute atomic E-state index is 12.2. The van der Waals surface area contributed by atoms with E-state index in [1.54, 1.807) is 4.68 Å². The van der Waals surface area contributed by atoms with E-state index in [4.69, 9.17) is 0 Å². The van der Waals surface area contributed by atoms with Crippen LogP contribution in [0.5, 0.6) is 0 Å². The molecule has 0 aliphatic rings. The summed E-state index contributed by atoms with van der Waals surface area (Å²) in [5.41, 5.74) is 1.75. The highest BCUT2D eigenvalue weighted by Gasteiger charge is 2.18. The first kappa shape index (κ1) is 15.9. The molecule has 1 heterocycles. The summed E-state index contributed by atoms with van der Waals surface area (Å²) in [4.78, 5) is 12.2. The summed E-state index contributed by atoms with van der Waals surface area (Å²) in [6.45, 7) is 14.8. The molecule has 4 nitrogen and oxygen atoms in total. The molecular formula is C15H27N3O. The topological polar surface area (TPSA) is 46.9 Å². The minimum absolute atomic E-state index is 0.0201. The number of rotatable bonds is 5. The Labute approximate surface area is 116 Å². The van der Waals surface area contributed by atoms with Gasteiger partial charge in [0.1, 0.15) is 0 Å². The highest BCUT2D eigenvalue weighted by molar-refractivity contribution is 5.19. The molecule has 1 N–H and O–H groups in total. The lowest BCUT2D eigenvalue weighted by molar-refractivity contribution is 0.499. The Morgan fingerprint density at radius 1 is 1.37 bits per heavy atom. The quantitative estimate of drug-likeness (QED) is 0.888. The van der Waals surface area contributed by atoms with Gasteiger partial charge in [0, 0.05) is 24.1 Å². The lowest BCUT2D eigenvalue weighted by Gasteiger charge is -2.20. The zero-order chi connectivity index (χ0) is 14.6. The predicted molar refractivity (Wildman–Crippen MR) is 79.4 cm³/mol. The van der Waals surface area contributed by atoms with Crippen molar-refractivity contribution in [2.75, 3.05) is 6.54 Å². The maximum atomic E-state index is 12.2. The third-order valence-electron chi connectivity index (χ3n) is 2.98. The van der Waals surface area contributed by atoms with Crippen LogP contribution >= 0.6 is 0 Å². The standard InChI is InChI=1S/C15H27N3O/c1-7-18-14(19)12(10-16-9-11(2)3)8-13(17-18)15(4,5)6/h8,11,16H,7,9-10H2,1-6H3. The second-order valence-corrected chi connectivity index (χ2v) is 6.45. The van der Waals surface area contributed by atoms with E-state index in [0.717, 1.165) is 17.8 Å². The minimum Gasteiger partial charge on any atom is -0.312 e. The van der Waals surface area contributed by atoms with Crippen molar-refractivity contribution in [3.05, 3.63) is 27.7 Å². The van der Waals surface area contributed by atoms with Crippen molar-refractivity contribution in [1.29, 1.82) is 0 Å². The SMILES string of the molecule is CCn1nc(C(C)(C)C)cc(CNCC(C)C)c1=O. The van der Waals surface area contributed by atoms with Crippen molar-refractivity contribution in [3.63, 3.8) is 0 Å². The average Bonchev–Trinajstić information content (AvgIpc) is 2.29. The van der Waals surface area contributed by atoms with Crippen LogP contribution in [0.2, 0.25) is 0 Å². The van der Waals surface area contributed by atoms with Crippen molar-refractivity contribution in [3.8, 4) is 0 Å². The molecule has 0 atom stereocenters. The van der Waals surface area contributed by atoms with Gasteiger partial charge in [0.05, 0.1) is 5.69 Å². The smallest absolute Gasteiger partial charge is 0.271 e. The molecule has 108 valence electrons. The predicted octanol–water partition coefficient (Wildman–Crippen LogP) is 2.31. The van der Waals surface area contributed by atoms with Gasteiger partial charge in [-0.15, -0.1) is 0 Å². The van der Waals surface area contributed by atoms with Gasteiger partial charge in [0.25, 0.3) is 5.56 Å². The van der Waals surface area contributed by atoms with Crippen LogP contribution in [-0.4, -0.2) is 16.3 Å². The molecule has 0 aliphatic carbocycles.